The topological polar surface area (TPSA) is 94.6 Å². The summed E-state index contributed by atoms with van der Waals surface area (Å²) < 4.78 is 17.9. The first kappa shape index (κ1) is 19.2. The van der Waals surface area contributed by atoms with Crippen LogP contribution in [0.1, 0.15) is 36.3 Å². The molecule has 0 unspecified atom stereocenters. The Hall–Kier alpha value is -2.55. The van der Waals surface area contributed by atoms with E-state index in [4.69, 9.17) is 14.2 Å². The molecule has 0 radical (unpaired) electrons. The van der Waals surface area contributed by atoms with Crippen LogP contribution in [0.15, 0.2) is 16.9 Å². The molecule has 0 fully saturated rings. The van der Waals surface area contributed by atoms with Gasteiger partial charge in [-0.25, -0.2) is 0 Å². The Morgan fingerprint density at radius 3 is 2.26 bits per heavy atom. The second-order valence-electron chi connectivity index (χ2n) is 6.36. The minimum absolute atomic E-state index is 0.00885. The number of rotatable bonds is 5. The van der Waals surface area contributed by atoms with Gasteiger partial charge in [-0.3, -0.25) is 19.4 Å². The number of thioether (sulfide) groups is 1. The molecule has 1 amide bonds. The first-order valence-corrected chi connectivity index (χ1v) is 9.51. The molecule has 1 aromatic carbocycles. The highest BCUT2D eigenvalue weighted by molar-refractivity contribution is 8.00. The summed E-state index contributed by atoms with van der Waals surface area (Å²) in [5.74, 6) is 2.06. The zero-order valence-electron chi connectivity index (χ0n) is 15.9. The Kier molecular flexibility index (Phi) is 5.41. The molecule has 27 heavy (non-hydrogen) atoms. The number of aromatic amines is 1. The van der Waals surface area contributed by atoms with Crippen molar-refractivity contribution in [2.45, 2.75) is 25.1 Å². The molecule has 9 heteroatoms. The number of hydrogen-bond acceptors (Lipinski definition) is 6. The average Bonchev–Trinajstić information content (AvgIpc) is 2.86. The molecule has 1 atom stereocenters. The first-order valence-electron chi connectivity index (χ1n) is 8.47. The van der Waals surface area contributed by atoms with Crippen LogP contribution < -0.4 is 25.1 Å². The molecular weight excluding hydrogens is 370 g/mol. The molecule has 2 heterocycles. The van der Waals surface area contributed by atoms with Gasteiger partial charge in [0.05, 0.1) is 37.9 Å². The zero-order valence-corrected chi connectivity index (χ0v) is 16.7. The largest absolute Gasteiger partial charge is 0.493 e. The van der Waals surface area contributed by atoms with Gasteiger partial charge in [-0.2, -0.15) is 0 Å². The number of methoxy groups -OCH3 is 3. The molecule has 2 aromatic rings. The summed E-state index contributed by atoms with van der Waals surface area (Å²) in [6.45, 7) is 3.88. The maximum Gasteiger partial charge on any atom is 0.270 e. The van der Waals surface area contributed by atoms with E-state index in [1.807, 2.05) is 26.0 Å². The zero-order chi connectivity index (χ0) is 19.7. The average molecular weight is 393 g/mol. The number of nitrogens with zero attached hydrogens (tertiary/aromatic N) is 1. The van der Waals surface area contributed by atoms with Gasteiger partial charge >= 0.3 is 0 Å². The lowest BCUT2D eigenvalue weighted by Gasteiger charge is -2.19. The highest BCUT2D eigenvalue weighted by Crippen LogP contribution is 2.46. The van der Waals surface area contributed by atoms with Crippen molar-refractivity contribution in [3.8, 4) is 17.2 Å². The molecular formula is C18H23N3O5S. The van der Waals surface area contributed by atoms with Crippen LogP contribution in [0.25, 0.3) is 0 Å². The predicted octanol–water partition coefficient (Wildman–Crippen LogP) is 2.56. The van der Waals surface area contributed by atoms with Crippen LogP contribution in [-0.2, 0) is 4.79 Å². The maximum atomic E-state index is 12.7. The number of carbonyl (C=O) groups is 1. The fraction of sp³-hybridized carbons (Fsp3) is 0.444. The Labute approximate surface area is 161 Å². The quantitative estimate of drug-likeness (QED) is 0.811. The van der Waals surface area contributed by atoms with Crippen LogP contribution >= 0.6 is 11.8 Å². The molecule has 1 aliphatic rings. The van der Waals surface area contributed by atoms with Crippen LogP contribution in [0.5, 0.6) is 17.2 Å². The van der Waals surface area contributed by atoms with Crippen molar-refractivity contribution in [2.75, 3.05) is 32.4 Å². The third-order valence-corrected chi connectivity index (χ3v) is 5.64. The number of hydrogen-bond donors (Lipinski definition) is 2. The van der Waals surface area contributed by atoms with Crippen molar-refractivity contribution < 1.29 is 19.0 Å². The van der Waals surface area contributed by atoms with Crippen molar-refractivity contribution >= 4 is 23.5 Å². The Morgan fingerprint density at radius 1 is 1.11 bits per heavy atom. The maximum absolute atomic E-state index is 12.7. The SMILES string of the molecule is COc1cc([C@H]2SCC(=O)Nc3c2c(=O)[nH]n3C(C)C)cc(OC)c1OC. The Morgan fingerprint density at radius 2 is 1.74 bits per heavy atom. The van der Waals surface area contributed by atoms with E-state index in [0.29, 0.717) is 28.6 Å². The van der Waals surface area contributed by atoms with Gasteiger partial charge in [0.1, 0.15) is 5.82 Å². The van der Waals surface area contributed by atoms with E-state index >= 15 is 0 Å². The molecule has 0 aliphatic carbocycles. The first-order chi connectivity index (χ1) is 12.9. The van der Waals surface area contributed by atoms with E-state index in [0.717, 1.165) is 5.56 Å². The summed E-state index contributed by atoms with van der Waals surface area (Å²) in [5, 5.41) is 5.32. The van der Waals surface area contributed by atoms with E-state index in [1.54, 1.807) is 18.9 Å². The summed E-state index contributed by atoms with van der Waals surface area (Å²) in [6.07, 6.45) is 0. The van der Waals surface area contributed by atoms with Gasteiger partial charge in [0.15, 0.2) is 11.5 Å². The van der Waals surface area contributed by atoms with Gasteiger partial charge in [-0.15, -0.1) is 11.8 Å². The summed E-state index contributed by atoms with van der Waals surface area (Å²) in [5.41, 5.74) is 1.07. The number of aromatic nitrogens is 2. The smallest absolute Gasteiger partial charge is 0.270 e. The third-order valence-electron chi connectivity index (χ3n) is 4.37. The van der Waals surface area contributed by atoms with Crippen molar-refractivity contribution in [3.63, 3.8) is 0 Å². The molecule has 146 valence electrons. The lowest BCUT2D eigenvalue weighted by Crippen LogP contribution is -2.17. The molecule has 2 N–H and O–H groups in total. The number of benzene rings is 1. The fourth-order valence-electron chi connectivity index (χ4n) is 3.15. The van der Waals surface area contributed by atoms with Crippen molar-refractivity contribution in [3.05, 3.63) is 33.6 Å². The standard InChI is InChI=1S/C18H23N3O5S/c1-9(2)21-17-14(18(23)20-21)16(27-8-13(22)19-17)10-6-11(24-3)15(26-5)12(7-10)25-4/h6-7,9,16H,8H2,1-5H3,(H,19,22)(H,20,23)/t16-/m1/s1. The molecule has 3 rings (SSSR count). The van der Waals surface area contributed by atoms with Crippen LogP contribution in [0.2, 0.25) is 0 Å². The van der Waals surface area contributed by atoms with E-state index in [2.05, 4.69) is 10.4 Å². The highest BCUT2D eigenvalue weighted by atomic mass is 32.2. The molecule has 0 saturated carbocycles. The summed E-state index contributed by atoms with van der Waals surface area (Å²) in [6, 6.07) is 3.61. The summed E-state index contributed by atoms with van der Waals surface area (Å²) in [7, 11) is 4.62. The summed E-state index contributed by atoms with van der Waals surface area (Å²) >= 11 is 1.38. The van der Waals surface area contributed by atoms with Crippen molar-refractivity contribution in [1.29, 1.82) is 0 Å². The highest BCUT2D eigenvalue weighted by Gasteiger charge is 2.32. The third kappa shape index (κ3) is 3.39. The minimum atomic E-state index is -0.364. The number of anilines is 1. The van der Waals surface area contributed by atoms with Crippen molar-refractivity contribution in [1.82, 2.24) is 9.78 Å². The normalized spacial score (nSPS) is 16.5. The van der Waals surface area contributed by atoms with Gasteiger partial charge in [0, 0.05) is 6.04 Å². The van der Waals surface area contributed by atoms with E-state index in [1.165, 1.54) is 18.9 Å². The number of carbonyl (C=O) groups excluding carboxylic acids is 1. The summed E-state index contributed by atoms with van der Waals surface area (Å²) in [4.78, 5) is 25.0. The van der Waals surface area contributed by atoms with E-state index in [-0.39, 0.29) is 28.5 Å². The van der Waals surface area contributed by atoms with Gasteiger partial charge < -0.3 is 19.5 Å². The second kappa shape index (κ2) is 7.59. The number of ether oxygens (including phenoxy) is 3. The lowest BCUT2D eigenvalue weighted by atomic mass is 10.0. The van der Waals surface area contributed by atoms with E-state index < -0.39 is 0 Å². The Bertz CT molecular complexity index is 893. The lowest BCUT2D eigenvalue weighted by molar-refractivity contribution is -0.113. The molecule has 8 nitrogen and oxygen atoms in total. The molecule has 1 aliphatic heterocycles. The number of nitrogens with one attached hydrogen (secondary N) is 2. The van der Waals surface area contributed by atoms with Gasteiger partial charge in [0.25, 0.3) is 5.56 Å². The predicted molar refractivity (Wildman–Crippen MR) is 104 cm³/mol. The molecule has 1 aromatic heterocycles. The van der Waals surface area contributed by atoms with Crippen LogP contribution in [-0.4, -0.2) is 42.8 Å². The van der Waals surface area contributed by atoms with Crippen LogP contribution in [0, 0.1) is 0 Å². The number of H-pyrrole nitrogens is 1. The van der Waals surface area contributed by atoms with Crippen LogP contribution in [0.3, 0.4) is 0 Å². The number of fused-ring (bicyclic) bond motifs is 1. The fourth-order valence-corrected chi connectivity index (χ4v) is 4.25. The number of amides is 1. The van der Waals surface area contributed by atoms with Gasteiger partial charge in [0.2, 0.25) is 11.7 Å². The van der Waals surface area contributed by atoms with Gasteiger partial charge in [-0.1, -0.05) is 0 Å². The molecule has 0 bridgehead atoms. The van der Waals surface area contributed by atoms with Crippen molar-refractivity contribution in [2.24, 2.45) is 0 Å². The monoisotopic (exact) mass is 393 g/mol. The Balaban J connectivity index is 2.21. The second-order valence-corrected chi connectivity index (χ2v) is 7.46. The van der Waals surface area contributed by atoms with E-state index in [9.17, 15) is 9.59 Å². The molecule has 0 spiro atoms. The van der Waals surface area contributed by atoms with Gasteiger partial charge in [-0.05, 0) is 31.5 Å². The minimum Gasteiger partial charge on any atom is -0.493 e. The van der Waals surface area contributed by atoms with Crippen LogP contribution in [0.4, 0.5) is 5.82 Å². The molecule has 0 saturated heterocycles.